The second-order valence-corrected chi connectivity index (χ2v) is 6.53. The molecule has 1 atom stereocenters. The summed E-state index contributed by atoms with van der Waals surface area (Å²) in [6.07, 6.45) is 1.80. The van der Waals surface area contributed by atoms with Crippen LogP contribution in [-0.2, 0) is 4.79 Å². The molecule has 7 heteroatoms. The maximum Gasteiger partial charge on any atom is 0.267 e. The van der Waals surface area contributed by atoms with Crippen LogP contribution in [0.3, 0.4) is 0 Å². The van der Waals surface area contributed by atoms with Gasteiger partial charge < -0.3 is 4.74 Å². The Morgan fingerprint density at radius 3 is 2.91 bits per heavy atom. The smallest absolute Gasteiger partial charge is 0.267 e. The van der Waals surface area contributed by atoms with Crippen LogP contribution in [0.2, 0.25) is 0 Å². The van der Waals surface area contributed by atoms with Crippen molar-refractivity contribution in [3.8, 4) is 5.75 Å². The van der Waals surface area contributed by atoms with Crippen molar-refractivity contribution in [2.75, 3.05) is 11.1 Å². The van der Waals surface area contributed by atoms with Gasteiger partial charge in [-0.15, -0.1) is 16.8 Å². The van der Waals surface area contributed by atoms with Crippen LogP contribution >= 0.6 is 23.1 Å². The fraction of sp³-hybridized carbons (Fsp3) is 0.267. The molecule has 0 saturated carbocycles. The summed E-state index contributed by atoms with van der Waals surface area (Å²) < 4.78 is 6.49. The minimum Gasteiger partial charge on any atom is -0.481 e. The van der Waals surface area contributed by atoms with Gasteiger partial charge in [-0.25, -0.2) is 0 Å². The Labute approximate surface area is 137 Å². The van der Waals surface area contributed by atoms with Crippen LogP contribution in [0.5, 0.6) is 5.75 Å². The molecule has 1 N–H and O–H groups in total. The van der Waals surface area contributed by atoms with Gasteiger partial charge in [0.1, 0.15) is 5.75 Å². The molecule has 0 aliphatic heterocycles. The molecule has 0 radical (unpaired) electrons. The van der Waals surface area contributed by atoms with Crippen LogP contribution < -0.4 is 10.1 Å². The van der Waals surface area contributed by atoms with Gasteiger partial charge in [-0.1, -0.05) is 54.3 Å². The third kappa shape index (κ3) is 4.85. The summed E-state index contributed by atoms with van der Waals surface area (Å²) in [6.45, 7) is 5.56. The summed E-state index contributed by atoms with van der Waals surface area (Å²) in [5.41, 5.74) is 0. The quantitative estimate of drug-likeness (QED) is 0.453. The highest BCUT2D eigenvalue weighted by Gasteiger charge is 2.20. The van der Waals surface area contributed by atoms with Gasteiger partial charge in [-0.3, -0.25) is 10.1 Å². The van der Waals surface area contributed by atoms with E-state index in [1.165, 1.54) is 23.1 Å². The lowest BCUT2D eigenvalue weighted by Gasteiger charge is -2.16. The van der Waals surface area contributed by atoms with Gasteiger partial charge >= 0.3 is 0 Å². The molecule has 1 aromatic heterocycles. The van der Waals surface area contributed by atoms with E-state index in [9.17, 15) is 4.79 Å². The van der Waals surface area contributed by atoms with E-state index in [-0.39, 0.29) is 5.91 Å². The van der Waals surface area contributed by atoms with E-state index < -0.39 is 6.10 Å². The number of hydrogen-bond acceptors (Lipinski definition) is 6. The molecule has 0 bridgehead atoms. The molecule has 5 nitrogen and oxygen atoms in total. The third-order valence-corrected chi connectivity index (χ3v) is 4.61. The summed E-state index contributed by atoms with van der Waals surface area (Å²) in [5, 5.41) is 11.2. The fourth-order valence-corrected chi connectivity index (χ4v) is 3.14. The van der Waals surface area contributed by atoms with E-state index in [1.807, 2.05) is 37.3 Å². The van der Waals surface area contributed by atoms with E-state index >= 15 is 0 Å². The fourth-order valence-electron chi connectivity index (χ4n) is 1.62. The number of aromatic nitrogens is 2. The Kier molecular flexibility index (Phi) is 6.42. The van der Waals surface area contributed by atoms with Crippen LogP contribution in [0.1, 0.15) is 13.3 Å². The summed E-state index contributed by atoms with van der Waals surface area (Å²) >= 11 is 2.87. The number of rotatable bonds is 8. The van der Waals surface area contributed by atoms with E-state index in [0.29, 0.717) is 17.3 Å². The number of benzene rings is 1. The first-order valence-corrected chi connectivity index (χ1v) is 8.63. The number of para-hydroxylation sites is 1. The van der Waals surface area contributed by atoms with E-state index in [1.54, 1.807) is 6.08 Å². The number of thioether (sulfide) groups is 1. The summed E-state index contributed by atoms with van der Waals surface area (Å²) in [7, 11) is 0. The molecule has 1 heterocycles. The standard InChI is InChI=1S/C15H17N3O2S2/c1-3-10-21-15-18-17-14(22-15)16-13(19)12(4-2)20-11-8-6-5-7-9-11/h3,5-9,12H,1,4,10H2,2H3,(H,16,17,19)/t12-/m1/s1. The molecule has 1 amide bonds. The van der Waals surface area contributed by atoms with Crippen LogP contribution in [-0.4, -0.2) is 28.0 Å². The maximum absolute atomic E-state index is 12.3. The summed E-state index contributed by atoms with van der Waals surface area (Å²) in [4.78, 5) is 12.3. The van der Waals surface area contributed by atoms with Gasteiger partial charge in [0.15, 0.2) is 10.4 Å². The predicted octanol–water partition coefficient (Wildman–Crippen LogP) is 3.61. The molecule has 2 aromatic rings. The number of nitrogens with one attached hydrogen (secondary N) is 1. The molecule has 116 valence electrons. The number of carbonyl (C=O) groups is 1. The molecule has 1 aromatic carbocycles. The number of hydrogen-bond donors (Lipinski definition) is 1. The Morgan fingerprint density at radius 1 is 1.45 bits per heavy atom. The topological polar surface area (TPSA) is 64.1 Å². The molecule has 0 saturated heterocycles. The number of ether oxygens (including phenoxy) is 1. The lowest BCUT2D eigenvalue weighted by Crippen LogP contribution is -2.32. The molecule has 0 aliphatic rings. The molecule has 0 unspecified atom stereocenters. The molecule has 2 rings (SSSR count). The minimum absolute atomic E-state index is 0.220. The Bertz CT molecular complexity index is 616. The zero-order valence-electron chi connectivity index (χ0n) is 12.2. The van der Waals surface area contributed by atoms with E-state index in [4.69, 9.17) is 4.74 Å². The molecular weight excluding hydrogens is 318 g/mol. The highest BCUT2D eigenvalue weighted by Crippen LogP contribution is 2.25. The zero-order chi connectivity index (χ0) is 15.8. The summed E-state index contributed by atoms with van der Waals surface area (Å²) in [6, 6.07) is 9.29. The van der Waals surface area contributed by atoms with E-state index in [2.05, 4.69) is 22.1 Å². The van der Waals surface area contributed by atoms with Crippen molar-refractivity contribution in [3.63, 3.8) is 0 Å². The molecule has 0 aliphatic carbocycles. The zero-order valence-corrected chi connectivity index (χ0v) is 13.8. The van der Waals surface area contributed by atoms with Gasteiger partial charge in [-0.05, 0) is 18.6 Å². The van der Waals surface area contributed by atoms with Crippen molar-refractivity contribution < 1.29 is 9.53 Å². The van der Waals surface area contributed by atoms with Crippen LogP contribution in [0.15, 0.2) is 47.3 Å². The first-order chi connectivity index (χ1) is 10.7. The van der Waals surface area contributed by atoms with Crippen molar-refractivity contribution >= 4 is 34.1 Å². The van der Waals surface area contributed by atoms with Crippen molar-refractivity contribution in [2.24, 2.45) is 0 Å². The SMILES string of the molecule is C=CCSc1nnc(NC(=O)[C@@H](CC)Oc2ccccc2)s1. The third-order valence-electron chi connectivity index (χ3n) is 2.65. The second kappa shape index (κ2) is 8.55. The average Bonchev–Trinajstić information content (AvgIpc) is 2.98. The second-order valence-electron chi connectivity index (χ2n) is 4.29. The van der Waals surface area contributed by atoms with Crippen molar-refractivity contribution in [2.45, 2.75) is 23.8 Å². The monoisotopic (exact) mass is 335 g/mol. The van der Waals surface area contributed by atoms with E-state index in [0.717, 1.165) is 10.1 Å². The molecule has 0 fully saturated rings. The minimum atomic E-state index is -0.560. The lowest BCUT2D eigenvalue weighted by atomic mass is 10.2. The van der Waals surface area contributed by atoms with Crippen LogP contribution in [0.4, 0.5) is 5.13 Å². The van der Waals surface area contributed by atoms with Crippen molar-refractivity contribution in [1.29, 1.82) is 0 Å². The van der Waals surface area contributed by atoms with Crippen molar-refractivity contribution in [1.82, 2.24) is 10.2 Å². The lowest BCUT2D eigenvalue weighted by molar-refractivity contribution is -0.122. The molecule has 0 spiro atoms. The van der Waals surface area contributed by atoms with Crippen molar-refractivity contribution in [3.05, 3.63) is 43.0 Å². The van der Waals surface area contributed by atoms with Gasteiger partial charge in [0.05, 0.1) is 0 Å². The summed E-state index contributed by atoms with van der Waals surface area (Å²) in [5.74, 6) is 1.21. The Morgan fingerprint density at radius 2 is 2.23 bits per heavy atom. The largest absolute Gasteiger partial charge is 0.481 e. The first kappa shape index (κ1) is 16.5. The van der Waals surface area contributed by atoms with Crippen LogP contribution in [0, 0.1) is 0 Å². The maximum atomic E-state index is 12.3. The van der Waals surface area contributed by atoms with Gasteiger partial charge in [0.2, 0.25) is 5.13 Å². The Balaban J connectivity index is 1.94. The number of anilines is 1. The first-order valence-electron chi connectivity index (χ1n) is 6.82. The highest BCUT2D eigenvalue weighted by molar-refractivity contribution is 8.01. The van der Waals surface area contributed by atoms with Gasteiger partial charge in [-0.2, -0.15) is 0 Å². The van der Waals surface area contributed by atoms with Crippen LogP contribution in [0.25, 0.3) is 0 Å². The Hall–Kier alpha value is -1.86. The average molecular weight is 335 g/mol. The van der Waals surface area contributed by atoms with Gasteiger partial charge in [0.25, 0.3) is 5.91 Å². The molecular formula is C15H17N3O2S2. The normalized spacial score (nSPS) is 11.7. The molecule has 22 heavy (non-hydrogen) atoms. The predicted molar refractivity (Wildman–Crippen MR) is 90.6 cm³/mol. The number of amides is 1. The number of carbonyl (C=O) groups excluding carboxylic acids is 1. The number of nitrogens with zero attached hydrogens (tertiary/aromatic N) is 2. The van der Waals surface area contributed by atoms with Gasteiger partial charge in [0, 0.05) is 5.75 Å². The highest BCUT2D eigenvalue weighted by atomic mass is 32.2.